The molecule has 1 unspecified atom stereocenters. The first kappa shape index (κ1) is 16.5. The number of rotatable bonds is 5. The maximum absolute atomic E-state index is 12.1. The first-order valence-electron chi connectivity index (χ1n) is 7.79. The Morgan fingerprint density at radius 1 is 1.04 bits per heavy atom. The van der Waals surface area contributed by atoms with Gasteiger partial charge in [-0.3, -0.25) is 4.79 Å². The molecule has 0 bridgehead atoms. The summed E-state index contributed by atoms with van der Waals surface area (Å²) in [5, 5.41) is 5.33. The zero-order valence-electron chi connectivity index (χ0n) is 13.3. The number of nitrogens with one attached hydrogen (secondary N) is 1. The minimum Gasteiger partial charge on any atom is -0.483 e. The van der Waals surface area contributed by atoms with Crippen LogP contribution in [0.1, 0.15) is 18.5 Å². The molecular weight excluding hydrogens is 366 g/mol. The SMILES string of the molecule is CC(NC(=O)COc1ccccc1Br)c1ccc2ccccc2c1. The molecule has 0 aromatic heterocycles. The lowest BCUT2D eigenvalue weighted by molar-refractivity contribution is -0.123. The molecule has 0 fully saturated rings. The monoisotopic (exact) mass is 383 g/mol. The third-order valence-electron chi connectivity index (χ3n) is 3.85. The van der Waals surface area contributed by atoms with E-state index in [9.17, 15) is 4.79 Å². The fourth-order valence-corrected chi connectivity index (χ4v) is 2.95. The minimum atomic E-state index is -0.147. The molecule has 0 radical (unpaired) electrons. The van der Waals surface area contributed by atoms with Crippen molar-refractivity contribution in [2.24, 2.45) is 0 Å². The Hall–Kier alpha value is -2.33. The van der Waals surface area contributed by atoms with Crippen LogP contribution in [0.15, 0.2) is 71.2 Å². The lowest BCUT2D eigenvalue weighted by Gasteiger charge is -2.15. The number of ether oxygens (including phenoxy) is 1. The van der Waals surface area contributed by atoms with Crippen molar-refractivity contribution in [2.75, 3.05) is 6.61 Å². The number of halogens is 1. The quantitative estimate of drug-likeness (QED) is 0.683. The Kier molecular flexibility index (Phi) is 5.16. The molecule has 0 saturated heterocycles. The molecule has 0 heterocycles. The maximum atomic E-state index is 12.1. The molecule has 0 aliphatic carbocycles. The van der Waals surface area contributed by atoms with Crippen molar-refractivity contribution in [3.8, 4) is 5.75 Å². The van der Waals surface area contributed by atoms with Gasteiger partial charge in [-0.15, -0.1) is 0 Å². The van der Waals surface area contributed by atoms with Crippen molar-refractivity contribution in [3.63, 3.8) is 0 Å². The number of carbonyl (C=O) groups is 1. The van der Waals surface area contributed by atoms with Crippen LogP contribution in [-0.2, 0) is 4.79 Å². The predicted octanol–water partition coefficient (Wildman–Crippen LogP) is 4.86. The Morgan fingerprint density at radius 2 is 1.75 bits per heavy atom. The number of carbonyl (C=O) groups excluding carboxylic acids is 1. The first-order valence-corrected chi connectivity index (χ1v) is 8.58. The van der Waals surface area contributed by atoms with Crippen LogP contribution in [0.3, 0.4) is 0 Å². The highest BCUT2D eigenvalue weighted by Gasteiger charge is 2.11. The summed E-state index contributed by atoms with van der Waals surface area (Å²) in [7, 11) is 0. The van der Waals surface area contributed by atoms with Gasteiger partial charge in [-0.2, -0.15) is 0 Å². The average Bonchev–Trinajstić information content (AvgIpc) is 2.60. The van der Waals surface area contributed by atoms with Crippen LogP contribution in [0, 0.1) is 0 Å². The van der Waals surface area contributed by atoms with Gasteiger partial charge in [0.15, 0.2) is 6.61 Å². The molecule has 0 spiro atoms. The Balaban J connectivity index is 1.61. The number of para-hydroxylation sites is 1. The fourth-order valence-electron chi connectivity index (χ4n) is 2.55. The molecule has 1 amide bonds. The van der Waals surface area contributed by atoms with E-state index in [2.05, 4.69) is 45.5 Å². The second kappa shape index (κ2) is 7.49. The fraction of sp³-hybridized carbons (Fsp3) is 0.150. The molecule has 3 rings (SSSR count). The zero-order valence-corrected chi connectivity index (χ0v) is 14.9. The standard InChI is InChI=1S/C20H18BrNO2/c1-14(16-11-10-15-6-2-3-7-17(15)12-16)22-20(23)13-24-19-9-5-4-8-18(19)21/h2-12,14H,13H2,1H3,(H,22,23). The molecule has 3 nitrogen and oxygen atoms in total. The molecule has 3 aromatic carbocycles. The molecule has 4 heteroatoms. The number of fused-ring (bicyclic) bond motifs is 1. The van der Waals surface area contributed by atoms with Gasteiger partial charge in [-0.05, 0) is 57.4 Å². The lowest BCUT2D eigenvalue weighted by Crippen LogP contribution is -2.31. The summed E-state index contributed by atoms with van der Waals surface area (Å²) in [4.78, 5) is 12.1. The van der Waals surface area contributed by atoms with E-state index >= 15 is 0 Å². The highest BCUT2D eigenvalue weighted by molar-refractivity contribution is 9.10. The van der Waals surface area contributed by atoms with Crippen LogP contribution >= 0.6 is 15.9 Å². The molecule has 0 aliphatic heterocycles. The minimum absolute atomic E-state index is 0.0134. The summed E-state index contributed by atoms with van der Waals surface area (Å²) in [6, 6.07) is 21.8. The summed E-state index contributed by atoms with van der Waals surface area (Å²) < 4.78 is 6.38. The van der Waals surface area contributed by atoms with Crippen molar-refractivity contribution in [3.05, 3.63) is 76.8 Å². The summed E-state index contributed by atoms with van der Waals surface area (Å²) in [5.41, 5.74) is 1.07. The van der Waals surface area contributed by atoms with Crippen molar-refractivity contribution in [1.29, 1.82) is 0 Å². The van der Waals surface area contributed by atoms with Gasteiger partial charge in [0.05, 0.1) is 10.5 Å². The number of hydrogen-bond donors (Lipinski definition) is 1. The average molecular weight is 384 g/mol. The summed E-state index contributed by atoms with van der Waals surface area (Å²) in [6.45, 7) is 1.96. The predicted molar refractivity (Wildman–Crippen MR) is 100 cm³/mol. The molecule has 122 valence electrons. The van der Waals surface area contributed by atoms with E-state index in [1.54, 1.807) is 0 Å². The van der Waals surface area contributed by atoms with Crippen molar-refractivity contribution < 1.29 is 9.53 Å². The van der Waals surface area contributed by atoms with Crippen LogP contribution in [0.5, 0.6) is 5.75 Å². The molecule has 1 N–H and O–H groups in total. The van der Waals surface area contributed by atoms with Gasteiger partial charge >= 0.3 is 0 Å². The third-order valence-corrected chi connectivity index (χ3v) is 4.50. The number of amides is 1. The molecule has 0 aliphatic rings. The second-order valence-electron chi connectivity index (χ2n) is 5.61. The van der Waals surface area contributed by atoms with E-state index in [1.807, 2.05) is 49.4 Å². The largest absolute Gasteiger partial charge is 0.483 e. The third kappa shape index (κ3) is 3.95. The van der Waals surface area contributed by atoms with E-state index in [1.165, 1.54) is 10.8 Å². The first-order chi connectivity index (χ1) is 11.6. The van der Waals surface area contributed by atoms with E-state index in [0.29, 0.717) is 5.75 Å². The van der Waals surface area contributed by atoms with Crippen molar-refractivity contribution >= 4 is 32.6 Å². The van der Waals surface area contributed by atoms with Gasteiger partial charge in [-0.25, -0.2) is 0 Å². The maximum Gasteiger partial charge on any atom is 0.258 e. The summed E-state index contributed by atoms with van der Waals surface area (Å²) in [5.74, 6) is 0.511. The van der Waals surface area contributed by atoms with Crippen LogP contribution in [0.2, 0.25) is 0 Å². The highest BCUT2D eigenvalue weighted by Crippen LogP contribution is 2.24. The van der Waals surface area contributed by atoms with E-state index in [-0.39, 0.29) is 18.6 Å². The number of benzene rings is 3. The lowest BCUT2D eigenvalue weighted by atomic mass is 10.0. The smallest absolute Gasteiger partial charge is 0.258 e. The van der Waals surface area contributed by atoms with E-state index in [0.717, 1.165) is 10.0 Å². The molecule has 1 atom stereocenters. The Morgan fingerprint density at radius 3 is 2.54 bits per heavy atom. The van der Waals surface area contributed by atoms with E-state index < -0.39 is 0 Å². The van der Waals surface area contributed by atoms with Gasteiger partial charge in [0.2, 0.25) is 0 Å². The molecular formula is C20H18BrNO2. The zero-order chi connectivity index (χ0) is 16.9. The van der Waals surface area contributed by atoms with Crippen molar-refractivity contribution in [2.45, 2.75) is 13.0 Å². The van der Waals surface area contributed by atoms with Gasteiger partial charge in [-0.1, -0.05) is 48.5 Å². The Bertz CT molecular complexity index is 863. The Labute approximate surface area is 149 Å². The van der Waals surface area contributed by atoms with Gasteiger partial charge in [0.25, 0.3) is 5.91 Å². The molecule has 24 heavy (non-hydrogen) atoms. The summed E-state index contributed by atoms with van der Waals surface area (Å²) >= 11 is 3.40. The van der Waals surface area contributed by atoms with Crippen LogP contribution < -0.4 is 10.1 Å². The van der Waals surface area contributed by atoms with Gasteiger partial charge in [0.1, 0.15) is 5.75 Å². The summed E-state index contributed by atoms with van der Waals surface area (Å²) in [6.07, 6.45) is 0. The second-order valence-corrected chi connectivity index (χ2v) is 6.47. The number of hydrogen-bond acceptors (Lipinski definition) is 2. The van der Waals surface area contributed by atoms with Crippen LogP contribution in [-0.4, -0.2) is 12.5 Å². The molecule has 0 saturated carbocycles. The molecule has 3 aromatic rings. The van der Waals surface area contributed by atoms with Crippen LogP contribution in [0.25, 0.3) is 10.8 Å². The topological polar surface area (TPSA) is 38.3 Å². The highest BCUT2D eigenvalue weighted by atomic mass is 79.9. The van der Waals surface area contributed by atoms with Crippen LogP contribution in [0.4, 0.5) is 0 Å². The van der Waals surface area contributed by atoms with E-state index in [4.69, 9.17) is 4.74 Å². The normalized spacial score (nSPS) is 11.9. The van der Waals surface area contributed by atoms with Gasteiger partial charge in [0, 0.05) is 0 Å². The van der Waals surface area contributed by atoms with Crippen molar-refractivity contribution in [1.82, 2.24) is 5.32 Å². The van der Waals surface area contributed by atoms with Gasteiger partial charge < -0.3 is 10.1 Å².